The molecule has 0 aliphatic carbocycles. The molecule has 0 rings (SSSR count). The van der Waals surface area contributed by atoms with Gasteiger partial charge in [0.15, 0.2) is 0 Å². The van der Waals surface area contributed by atoms with Gasteiger partial charge >= 0.3 is 5.97 Å². The second kappa shape index (κ2) is 6.98. The molecule has 0 aliphatic rings. The fraction of sp³-hybridized carbons (Fsp3) is 0.900. The first-order valence-electron chi connectivity index (χ1n) is 5.09. The summed E-state index contributed by atoms with van der Waals surface area (Å²) in [5, 5.41) is 8.08. The lowest BCUT2D eigenvalue weighted by Crippen LogP contribution is -2.26. The Bertz CT molecular complexity index is 202. The van der Waals surface area contributed by atoms with Crippen molar-refractivity contribution >= 4 is 16.8 Å². The molecule has 0 aromatic rings. The lowest BCUT2D eigenvalue weighted by molar-refractivity contribution is -0.136. The van der Waals surface area contributed by atoms with E-state index in [0.29, 0.717) is 18.1 Å². The number of carbonyl (C=O) groups is 1. The molecule has 14 heavy (non-hydrogen) atoms. The Kier molecular flexibility index (Phi) is 6.79. The molecule has 0 heterocycles. The van der Waals surface area contributed by atoms with E-state index in [1.165, 1.54) is 0 Å². The van der Waals surface area contributed by atoms with Gasteiger partial charge in [0.1, 0.15) is 5.25 Å². The second-order valence-corrected chi connectivity index (χ2v) is 5.59. The largest absolute Gasteiger partial charge is 0.480 e. The van der Waals surface area contributed by atoms with E-state index in [0.717, 1.165) is 12.8 Å². The van der Waals surface area contributed by atoms with E-state index in [4.69, 9.17) is 5.11 Å². The van der Waals surface area contributed by atoms with Gasteiger partial charge in [0.2, 0.25) is 0 Å². The van der Waals surface area contributed by atoms with Crippen LogP contribution in [0.4, 0.5) is 0 Å². The Morgan fingerprint density at radius 1 is 1.43 bits per heavy atom. The molecular weight excluding hydrogens is 200 g/mol. The summed E-state index contributed by atoms with van der Waals surface area (Å²) in [6, 6.07) is 0. The van der Waals surface area contributed by atoms with Crippen molar-refractivity contribution in [3.63, 3.8) is 0 Å². The molecule has 2 unspecified atom stereocenters. The zero-order chi connectivity index (χ0) is 11.1. The lowest BCUT2D eigenvalue weighted by atomic mass is 10.1. The van der Waals surface area contributed by atoms with Crippen molar-refractivity contribution in [1.82, 2.24) is 0 Å². The predicted molar refractivity (Wildman–Crippen MR) is 58.8 cm³/mol. The lowest BCUT2D eigenvalue weighted by Gasteiger charge is -2.10. The summed E-state index contributed by atoms with van der Waals surface area (Å²) in [5.41, 5.74) is 0. The molecule has 3 nitrogen and oxygen atoms in total. The number of hydrogen-bond donors (Lipinski definition) is 1. The fourth-order valence-electron chi connectivity index (χ4n) is 1.25. The maximum absolute atomic E-state index is 11.5. The summed E-state index contributed by atoms with van der Waals surface area (Å²) in [6.45, 7) is 5.98. The molecule has 0 bridgehead atoms. The maximum Gasteiger partial charge on any atom is 0.319 e. The van der Waals surface area contributed by atoms with Crippen molar-refractivity contribution in [3.8, 4) is 0 Å². The van der Waals surface area contributed by atoms with Gasteiger partial charge in [0.05, 0.1) is 0 Å². The zero-order valence-electron chi connectivity index (χ0n) is 9.16. The van der Waals surface area contributed by atoms with E-state index in [9.17, 15) is 9.00 Å². The monoisotopic (exact) mass is 220 g/mol. The van der Waals surface area contributed by atoms with Gasteiger partial charge in [0.25, 0.3) is 0 Å². The molecule has 0 aromatic heterocycles. The summed E-state index contributed by atoms with van der Waals surface area (Å²) in [5.74, 6) is 0.176. The van der Waals surface area contributed by atoms with E-state index >= 15 is 0 Å². The molecule has 0 radical (unpaired) electrons. The minimum Gasteiger partial charge on any atom is -0.480 e. The summed E-state index contributed by atoms with van der Waals surface area (Å²) in [4.78, 5) is 10.7. The van der Waals surface area contributed by atoms with Crippen molar-refractivity contribution in [3.05, 3.63) is 0 Å². The van der Waals surface area contributed by atoms with Crippen molar-refractivity contribution in [1.29, 1.82) is 0 Å². The molecule has 0 amide bonds. The second-order valence-electron chi connectivity index (χ2n) is 3.86. The fourth-order valence-corrected chi connectivity index (χ4v) is 2.58. The molecule has 0 fully saturated rings. The Hall–Kier alpha value is -0.380. The van der Waals surface area contributed by atoms with Crippen LogP contribution in [0.25, 0.3) is 0 Å². The first-order valence-corrected chi connectivity index (χ1v) is 6.47. The Labute approximate surface area is 88.4 Å². The molecule has 84 valence electrons. The topological polar surface area (TPSA) is 54.4 Å². The molecule has 2 atom stereocenters. The number of hydrogen-bond acceptors (Lipinski definition) is 2. The van der Waals surface area contributed by atoms with Gasteiger partial charge < -0.3 is 5.11 Å². The van der Waals surface area contributed by atoms with E-state index in [-0.39, 0.29) is 0 Å². The maximum atomic E-state index is 11.5. The van der Waals surface area contributed by atoms with Crippen LogP contribution in [0.3, 0.4) is 0 Å². The van der Waals surface area contributed by atoms with Crippen LogP contribution >= 0.6 is 0 Å². The molecule has 0 saturated heterocycles. The number of rotatable bonds is 7. The number of carboxylic acids is 1. The summed E-state index contributed by atoms with van der Waals surface area (Å²) in [6.07, 6.45) is 2.32. The Balaban J connectivity index is 3.87. The van der Waals surface area contributed by atoms with Crippen LogP contribution in [0, 0.1) is 5.92 Å². The molecule has 4 heteroatoms. The summed E-state index contributed by atoms with van der Waals surface area (Å²) < 4.78 is 11.5. The molecule has 0 aliphatic heterocycles. The van der Waals surface area contributed by atoms with Crippen LogP contribution in [0.5, 0.6) is 0 Å². The predicted octanol–water partition coefficient (Wildman–Crippen LogP) is 2.03. The van der Waals surface area contributed by atoms with Gasteiger partial charge in [-0.1, -0.05) is 27.2 Å². The highest BCUT2D eigenvalue weighted by Gasteiger charge is 2.21. The smallest absolute Gasteiger partial charge is 0.319 e. The van der Waals surface area contributed by atoms with Crippen molar-refractivity contribution < 1.29 is 14.1 Å². The highest BCUT2D eigenvalue weighted by molar-refractivity contribution is 7.86. The third-order valence-corrected chi connectivity index (χ3v) is 3.95. The van der Waals surface area contributed by atoms with Crippen molar-refractivity contribution in [2.45, 2.75) is 45.3 Å². The first-order chi connectivity index (χ1) is 6.49. The molecular formula is C10H20O3S. The summed E-state index contributed by atoms with van der Waals surface area (Å²) in [7, 11) is -1.20. The molecule has 0 aromatic carbocycles. The van der Waals surface area contributed by atoms with E-state index in [1.807, 2.05) is 0 Å². The van der Waals surface area contributed by atoms with Crippen molar-refractivity contribution in [2.75, 3.05) is 5.75 Å². The number of aliphatic carboxylic acids is 1. The highest BCUT2D eigenvalue weighted by Crippen LogP contribution is 2.08. The average Bonchev–Trinajstić information content (AvgIpc) is 2.03. The van der Waals surface area contributed by atoms with Gasteiger partial charge in [-0.05, 0) is 18.8 Å². The van der Waals surface area contributed by atoms with Crippen molar-refractivity contribution in [2.24, 2.45) is 5.92 Å². The Morgan fingerprint density at radius 3 is 2.36 bits per heavy atom. The van der Waals surface area contributed by atoms with Crippen LogP contribution in [-0.4, -0.2) is 26.3 Å². The molecule has 0 spiro atoms. The average molecular weight is 220 g/mol. The summed E-state index contributed by atoms with van der Waals surface area (Å²) >= 11 is 0. The quantitative estimate of drug-likeness (QED) is 0.714. The van der Waals surface area contributed by atoms with Crippen LogP contribution in [0.1, 0.15) is 40.0 Å². The van der Waals surface area contributed by atoms with Gasteiger partial charge in [-0.3, -0.25) is 9.00 Å². The minimum atomic E-state index is -1.20. The molecule has 0 saturated carbocycles. The van der Waals surface area contributed by atoms with Gasteiger partial charge in [-0.25, -0.2) is 0 Å². The first kappa shape index (κ1) is 13.6. The van der Waals surface area contributed by atoms with Gasteiger partial charge in [-0.2, -0.15) is 0 Å². The highest BCUT2D eigenvalue weighted by atomic mass is 32.2. The van der Waals surface area contributed by atoms with Gasteiger partial charge in [-0.15, -0.1) is 0 Å². The zero-order valence-corrected chi connectivity index (χ0v) is 9.97. The standard InChI is InChI=1S/C10H20O3S/c1-4-9(10(11)12)14(13)7-5-6-8(2)3/h8-9H,4-7H2,1-3H3,(H,11,12). The minimum absolute atomic E-state index is 0.448. The third-order valence-electron chi connectivity index (χ3n) is 2.09. The van der Waals surface area contributed by atoms with Crippen LogP contribution in [0.2, 0.25) is 0 Å². The van der Waals surface area contributed by atoms with Gasteiger partial charge in [0, 0.05) is 16.6 Å². The molecule has 1 N–H and O–H groups in total. The third kappa shape index (κ3) is 5.37. The van der Waals surface area contributed by atoms with Crippen LogP contribution in [-0.2, 0) is 15.6 Å². The van der Waals surface area contributed by atoms with E-state index in [2.05, 4.69) is 13.8 Å². The van der Waals surface area contributed by atoms with Crippen LogP contribution in [0.15, 0.2) is 0 Å². The van der Waals surface area contributed by atoms with E-state index in [1.54, 1.807) is 6.92 Å². The number of carboxylic acid groups (broad SMARTS) is 1. The normalized spacial score (nSPS) is 15.4. The SMILES string of the molecule is CCC(C(=O)O)S(=O)CCCC(C)C. The Morgan fingerprint density at radius 2 is 2.00 bits per heavy atom. The van der Waals surface area contributed by atoms with Crippen LogP contribution < -0.4 is 0 Å². The van der Waals surface area contributed by atoms with E-state index < -0.39 is 22.0 Å².